The first-order valence-electron chi connectivity index (χ1n) is 11.0. The van der Waals surface area contributed by atoms with E-state index in [9.17, 15) is 13.6 Å². The van der Waals surface area contributed by atoms with Gasteiger partial charge in [0.25, 0.3) is 0 Å². The first kappa shape index (κ1) is 23.5. The molecule has 4 rings (SSSR count). The summed E-state index contributed by atoms with van der Waals surface area (Å²) in [5.41, 5.74) is 2.47. The Bertz CT molecular complexity index is 1180. The zero-order valence-electron chi connectivity index (χ0n) is 19.6. The van der Waals surface area contributed by atoms with E-state index in [4.69, 9.17) is 4.74 Å². The number of carbonyl (C=O) groups is 1. The molecule has 2 heterocycles. The largest absolute Gasteiger partial charge is 0.444 e. The van der Waals surface area contributed by atoms with Gasteiger partial charge < -0.3 is 20.3 Å². The van der Waals surface area contributed by atoms with E-state index in [0.717, 1.165) is 29.5 Å². The van der Waals surface area contributed by atoms with Crippen molar-refractivity contribution < 1.29 is 21.2 Å². The van der Waals surface area contributed by atoms with Gasteiger partial charge in [0.1, 0.15) is 23.6 Å². The van der Waals surface area contributed by atoms with E-state index in [0.29, 0.717) is 25.0 Å². The standard InChI is InChI=1S/C24H28F2N6O2.2H2/c1-15-5-19(27-11-16-12-31(13-16)23(33)34-24(2,3)4)10-20(6-15)29-22-28-14-32(30-22)21-8-17(25)7-18(26)9-21;;/h5-10,14,16,27H,11-13H2,1-4H3,(H,29,30);2*1H. The van der Waals surface area contributed by atoms with Gasteiger partial charge in [0, 0.05) is 45.8 Å². The average Bonchev–Trinajstić information content (AvgIpc) is 3.12. The molecule has 3 aromatic rings. The van der Waals surface area contributed by atoms with Gasteiger partial charge in [-0.15, -0.1) is 5.10 Å². The summed E-state index contributed by atoms with van der Waals surface area (Å²) in [4.78, 5) is 18.0. The SMILES string of the molecule is Cc1cc(NCC2CN(C(=O)OC(C)(C)C)C2)cc(Nc2ncn(-c3cc(F)cc(F)c3)n2)c1.[HH].[HH]. The molecule has 1 fully saturated rings. The maximum Gasteiger partial charge on any atom is 0.410 e. The molecule has 2 N–H and O–H groups in total. The highest BCUT2D eigenvalue weighted by Gasteiger charge is 2.33. The lowest BCUT2D eigenvalue weighted by Gasteiger charge is -2.40. The summed E-state index contributed by atoms with van der Waals surface area (Å²) in [5, 5.41) is 10.8. The molecule has 0 saturated carbocycles. The second-order valence-electron chi connectivity index (χ2n) is 9.49. The van der Waals surface area contributed by atoms with E-state index in [2.05, 4.69) is 20.7 Å². The molecule has 34 heavy (non-hydrogen) atoms. The number of anilines is 3. The number of aryl methyl sites for hydroxylation is 1. The van der Waals surface area contributed by atoms with Gasteiger partial charge in [0.05, 0.1) is 5.69 Å². The number of carbonyl (C=O) groups excluding carboxylic acids is 1. The lowest BCUT2D eigenvalue weighted by atomic mass is 10.0. The van der Waals surface area contributed by atoms with Gasteiger partial charge in [-0.2, -0.15) is 4.98 Å². The van der Waals surface area contributed by atoms with Crippen LogP contribution in [-0.2, 0) is 4.74 Å². The number of ether oxygens (including phenoxy) is 1. The number of nitrogens with one attached hydrogen (secondary N) is 2. The van der Waals surface area contributed by atoms with Crippen LogP contribution in [0.2, 0.25) is 0 Å². The van der Waals surface area contributed by atoms with Gasteiger partial charge in [0.2, 0.25) is 5.95 Å². The van der Waals surface area contributed by atoms with Gasteiger partial charge >= 0.3 is 6.09 Å². The molecule has 184 valence electrons. The molecule has 0 radical (unpaired) electrons. The highest BCUT2D eigenvalue weighted by molar-refractivity contribution is 5.69. The number of benzene rings is 2. The Hall–Kier alpha value is -3.69. The van der Waals surface area contributed by atoms with Crippen molar-refractivity contribution in [3.8, 4) is 5.69 Å². The minimum absolute atomic E-state index is 0. The van der Waals surface area contributed by atoms with Crippen LogP contribution in [0.5, 0.6) is 0 Å². The normalized spacial score (nSPS) is 14.0. The number of halogens is 2. The van der Waals surface area contributed by atoms with Crippen LogP contribution in [0.25, 0.3) is 5.69 Å². The number of nitrogens with zero attached hydrogens (tertiary/aromatic N) is 4. The summed E-state index contributed by atoms with van der Waals surface area (Å²) >= 11 is 0. The Labute approximate surface area is 199 Å². The first-order chi connectivity index (χ1) is 16.0. The number of likely N-dealkylation sites (tertiary alicyclic amines) is 1. The Morgan fingerprint density at radius 1 is 1.12 bits per heavy atom. The van der Waals surface area contributed by atoms with Crippen molar-refractivity contribution in [2.75, 3.05) is 30.3 Å². The molecular formula is C24H32F2N6O2. The smallest absolute Gasteiger partial charge is 0.410 e. The molecule has 10 heteroatoms. The molecule has 0 atom stereocenters. The first-order valence-corrected chi connectivity index (χ1v) is 11.0. The maximum absolute atomic E-state index is 13.5. The van der Waals surface area contributed by atoms with Gasteiger partial charge in [0.15, 0.2) is 0 Å². The second-order valence-corrected chi connectivity index (χ2v) is 9.49. The van der Waals surface area contributed by atoms with Crippen LogP contribution in [0.4, 0.5) is 30.9 Å². The topological polar surface area (TPSA) is 84.3 Å². The van der Waals surface area contributed by atoms with Gasteiger partial charge in [-0.1, -0.05) is 0 Å². The summed E-state index contributed by atoms with van der Waals surface area (Å²) in [7, 11) is 0. The van der Waals surface area contributed by atoms with Crippen LogP contribution < -0.4 is 10.6 Å². The van der Waals surface area contributed by atoms with E-state index in [1.165, 1.54) is 23.1 Å². The zero-order valence-corrected chi connectivity index (χ0v) is 19.6. The van der Waals surface area contributed by atoms with E-state index < -0.39 is 17.2 Å². The summed E-state index contributed by atoms with van der Waals surface area (Å²) in [6.45, 7) is 9.57. The predicted molar refractivity (Wildman–Crippen MR) is 130 cm³/mol. The number of hydrogen-bond acceptors (Lipinski definition) is 6. The number of rotatable bonds is 6. The van der Waals surface area contributed by atoms with Gasteiger partial charge in [-0.3, -0.25) is 0 Å². The molecule has 0 aliphatic carbocycles. The molecular weight excluding hydrogens is 442 g/mol. The maximum atomic E-state index is 13.5. The van der Waals surface area contributed by atoms with Crippen molar-refractivity contribution in [3.63, 3.8) is 0 Å². The lowest BCUT2D eigenvalue weighted by molar-refractivity contribution is 0.000845. The van der Waals surface area contributed by atoms with Crippen LogP contribution in [0.1, 0.15) is 29.2 Å². The minimum atomic E-state index is -0.685. The average molecular weight is 475 g/mol. The van der Waals surface area contributed by atoms with Crippen LogP contribution in [-0.4, -0.2) is 51.0 Å². The van der Waals surface area contributed by atoms with E-state index in [-0.39, 0.29) is 14.6 Å². The molecule has 1 amide bonds. The lowest BCUT2D eigenvalue weighted by Crippen LogP contribution is -2.53. The van der Waals surface area contributed by atoms with Crippen molar-refractivity contribution in [2.24, 2.45) is 5.92 Å². The fraction of sp³-hybridized carbons (Fsp3) is 0.375. The summed E-state index contributed by atoms with van der Waals surface area (Å²) in [6.07, 6.45) is 1.11. The Kier molecular flexibility index (Phi) is 6.41. The molecule has 1 aromatic heterocycles. The zero-order chi connectivity index (χ0) is 24.5. The third-order valence-corrected chi connectivity index (χ3v) is 5.14. The van der Waals surface area contributed by atoms with Crippen LogP contribution in [0, 0.1) is 24.5 Å². The van der Waals surface area contributed by atoms with Gasteiger partial charge in [-0.05, 0) is 63.6 Å². The van der Waals surface area contributed by atoms with Gasteiger partial charge in [-0.25, -0.2) is 18.3 Å². The van der Waals surface area contributed by atoms with Crippen molar-refractivity contribution >= 4 is 23.4 Å². The third kappa shape index (κ3) is 6.00. The molecule has 1 aliphatic heterocycles. The van der Waals surface area contributed by atoms with Crippen LogP contribution >= 0.6 is 0 Å². The Balaban J connectivity index is 0.00000228. The number of aromatic nitrogens is 3. The summed E-state index contributed by atoms with van der Waals surface area (Å²) in [5.74, 6) is -0.730. The number of hydrogen-bond donors (Lipinski definition) is 2. The van der Waals surface area contributed by atoms with Crippen LogP contribution in [0.15, 0.2) is 42.7 Å². The molecule has 1 saturated heterocycles. The second kappa shape index (κ2) is 9.28. The highest BCUT2D eigenvalue weighted by atomic mass is 19.1. The van der Waals surface area contributed by atoms with E-state index in [1.54, 1.807) is 4.90 Å². The molecule has 2 aromatic carbocycles. The molecule has 8 nitrogen and oxygen atoms in total. The molecule has 1 aliphatic rings. The minimum Gasteiger partial charge on any atom is -0.444 e. The van der Waals surface area contributed by atoms with Crippen molar-refractivity contribution in [1.82, 2.24) is 19.7 Å². The van der Waals surface area contributed by atoms with E-state index >= 15 is 0 Å². The summed E-state index contributed by atoms with van der Waals surface area (Å²) < 4.78 is 33.7. The highest BCUT2D eigenvalue weighted by Crippen LogP contribution is 2.24. The Morgan fingerprint density at radius 3 is 2.47 bits per heavy atom. The fourth-order valence-corrected chi connectivity index (χ4v) is 3.64. The van der Waals surface area contributed by atoms with Crippen molar-refractivity contribution in [3.05, 3.63) is 59.9 Å². The Morgan fingerprint density at radius 2 is 1.79 bits per heavy atom. The predicted octanol–water partition coefficient (Wildman–Crippen LogP) is 5.37. The number of amides is 1. The summed E-state index contributed by atoms with van der Waals surface area (Å²) in [6, 6.07) is 9.07. The fourth-order valence-electron chi connectivity index (χ4n) is 3.64. The quantitative estimate of drug-likeness (QED) is 0.500. The monoisotopic (exact) mass is 474 g/mol. The van der Waals surface area contributed by atoms with E-state index in [1.807, 2.05) is 45.9 Å². The molecule has 0 spiro atoms. The third-order valence-electron chi connectivity index (χ3n) is 5.14. The molecule has 0 bridgehead atoms. The molecule has 0 unspecified atom stereocenters. The van der Waals surface area contributed by atoms with Crippen molar-refractivity contribution in [1.29, 1.82) is 0 Å². The van der Waals surface area contributed by atoms with Crippen molar-refractivity contribution in [2.45, 2.75) is 33.3 Å². The van der Waals surface area contributed by atoms with Crippen LogP contribution in [0.3, 0.4) is 0 Å².